The van der Waals surface area contributed by atoms with Crippen LogP contribution in [-0.2, 0) is 20.7 Å². The fraction of sp³-hybridized carbons (Fsp3) is 0.556. The largest absolute Gasteiger partial charge is 0.465 e. The standard InChI is InChI=1S/C18H21NO4/c1-18(10-13-4-6-15(18)23-13)17(21)19-8-7-11-9-12(16(20)22-2)3-5-14(11)19/h3,5,9,13,15H,4,6-8,10H2,1-2H3/t13-,15-,18-/m1/s1. The molecule has 1 aromatic carbocycles. The zero-order valence-corrected chi connectivity index (χ0v) is 13.5. The Kier molecular flexibility index (Phi) is 3.23. The molecule has 0 radical (unpaired) electrons. The highest BCUT2D eigenvalue weighted by molar-refractivity contribution is 6.00. The van der Waals surface area contributed by atoms with Gasteiger partial charge in [0.25, 0.3) is 0 Å². The molecule has 2 fully saturated rings. The van der Waals surface area contributed by atoms with Gasteiger partial charge >= 0.3 is 5.97 Å². The maximum absolute atomic E-state index is 13.2. The lowest BCUT2D eigenvalue weighted by Gasteiger charge is -2.34. The molecule has 0 saturated carbocycles. The molecule has 1 aromatic rings. The Labute approximate surface area is 135 Å². The van der Waals surface area contributed by atoms with Gasteiger partial charge < -0.3 is 14.4 Å². The van der Waals surface area contributed by atoms with Crippen LogP contribution in [0.5, 0.6) is 0 Å². The first-order chi connectivity index (χ1) is 11.0. The lowest BCUT2D eigenvalue weighted by Crippen LogP contribution is -2.47. The molecule has 5 heteroatoms. The number of benzene rings is 1. The van der Waals surface area contributed by atoms with Gasteiger partial charge in [0.05, 0.1) is 30.3 Å². The summed E-state index contributed by atoms with van der Waals surface area (Å²) in [5, 5.41) is 0. The third-order valence-corrected chi connectivity index (χ3v) is 5.60. The molecule has 2 saturated heterocycles. The van der Waals surface area contributed by atoms with Crippen LogP contribution < -0.4 is 4.90 Å². The Bertz CT molecular complexity index is 686. The molecule has 3 heterocycles. The third-order valence-electron chi connectivity index (χ3n) is 5.60. The number of rotatable bonds is 2. The number of hydrogen-bond donors (Lipinski definition) is 0. The molecule has 3 aliphatic rings. The summed E-state index contributed by atoms with van der Waals surface area (Å²) in [5.41, 5.74) is 2.08. The second kappa shape index (κ2) is 5.06. The minimum atomic E-state index is -0.411. The maximum atomic E-state index is 13.2. The van der Waals surface area contributed by atoms with Crippen LogP contribution in [0.25, 0.3) is 0 Å². The molecule has 1 amide bonds. The fourth-order valence-corrected chi connectivity index (χ4v) is 4.32. The molecular formula is C18H21NO4. The number of nitrogens with zero attached hydrogens (tertiary/aromatic N) is 1. The molecule has 122 valence electrons. The van der Waals surface area contributed by atoms with E-state index in [-0.39, 0.29) is 24.1 Å². The minimum absolute atomic E-state index is 0.0541. The van der Waals surface area contributed by atoms with E-state index < -0.39 is 5.41 Å². The summed E-state index contributed by atoms with van der Waals surface area (Å²) in [5.74, 6) is -0.180. The predicted octanol–water partition coefficient (Wildman–Crippen LogP) is 2.32. The van der Waals surface area contributed by atoms with Crippen molar-refractivity contribution in [3.8, 4) is 0 Å². The SMILES string of the molecule is COC(=O)c1ccc2c(c1)CCN2C(=O)[C@]1(C)C[C@H]2CC[C@H]1O2. The van der Waals surface area contributed by atoms with Gasteiger partial charge in [-0.15, -0.1) is 0 Å². The van der Waals surface area contributed by atoms with Crippen molar-refractivity contribution in [3.63, 3.8) is 0 Å². The van der Waals surface area contributed by atoms with Gasteiger partial charge in [0.1, 0.15) is 0 Å². The maximum Gasteiger partial charge on any atom is 0.337 e. The summed E-state index contributed by atoms with van der Waals surface area (Å²) in [6, 6.07) is 5.44. The first-order valence-corrected chi connectivity index (χ1v) is 8.21. The topological polar surface area (TPSA) is 55.8 Å². The first-order valence-electron chi connectivity index (χ1n) is 8.21. The van der Waals surface area contributed by atoms with E-state index in [1.165, 1.54) is 7.11 Å². The molecule has 2 bridgehead atoms. The Hall–Kier alpha value is -1.88. The average Bonchev–Trinajstić information content (AvgIpc) is 3.26. The summed E-state index contributed by atoms with van der Waals surface area (Å²) < 4.78 is 10.7. The van der Waals surface area contributed by atoms with E-state index in [0.29, 0.717) is 12.1 Å². The zero-order chi connectivity index (χ0) is 16.2. The van der Waals surface area contributed by atoms with E-state index in [2.05, 4.69) is 0 Å². The zero-order valence-electron chi connectivity index (χ0n) is 13.5. The lowest BCUT2D eigenvalue weighted by molar-refractivity contribution is -0.130. The monoisotopic (exact) mass is 315 g/mol. The Morgan fingerprint density at radius 2 is 2.17 bits per heavy atom. The number of amides is 1. The van der Waals surface area contributed by atoms with Crippen molar-refractivity contribution in [2.24, 2.45) is 5.41 Å². The number of fused-ring (bicyclic) bond motifs is 3. The fourth-order valence-electron chi connectivity index (χ4n) is 4.32. The van der Waals surface area contributed by atoms with Crippen molar-refractivity contribution in [2.45, 2.75) is 44.8 Å². The summed E-state index contributed by atoms with van der Waals surface area (Å²) in [6.45, 7) is 2.71. The smallest absolute Gasteiger partial charge is 0.337 e. The van der Waals surface area contributed by atoms with Gasteiger partial charge in [-0.2, -0.15) is 0 Å². The van der Waals surface area contributed by atoms with Crippen LogP contribution in [0.2, 0.25) is 0 Å². The highest BCUT2D eigenvalue weighted by Crippen LogP contribution is 2.49. The van der Waals surface area contributed by atoms with Gasteiger partial charge in [-0.05, 0) is 56.4 Å². The number of carbonyl (C=O) groups excluding carboxylic acids is 2. The second-order valence-electron chi connectivity index (χ2n) is 6.99. The molecule has 0 spiro atoms. The summed E-state index contributed by atoms with van der Waals surface area (Å²) in [7, 11) is 1.38. The second-order valence-corrected chi connectivity index (χ2v) is 6.99. The number of hydrogen-bond acceptors (Lipinski definition) is 4. The van der Waals surface area contributed by atoms with Crippen LogP contribution in [0.15, 0.2) is 18.2 Å². The van der Waals surface area contributed by atoms with E-state index >= 15 is 0 Å². The Morgan fingerprint density at radius 3 is 2.83 bits per heavy atom. The van der Waals surface area contributed by atoms with E-state index in [1.807, 2.05) is 24.0 Å². The van der Waals surface area contributed by atoms with Gasteiger partial charge in [-0.25, -0.2) is 4.79 Å². The van der Waals surface area contributed by atoms with Crippen molar-refractivity contribution in [3.05, 3.63) is 29.3 Å². The van der Waals surface area contributed by atoms with Crippen LogP contribution >= 0.6 is 0 Å². The van der Waals surface area contributed by atoms with Crippen molar-refractivity contribution in [1.82, 2.24) is 0 Å². The number of esters is 1. The minimum Gasteiger partial charge on any atom is -0.465 e. The van der Waals surface area contributed by atoms with Crippen LogP contribution in [0.4, 0.5) is 5.69 Å². The van der Waals surface area contributed by atoms with Crippen LogP contribution in [0, 0.1) is 5.41 Å². The highest BCUT2D eigenvalue weighted by atomic mass is 16.5. The normalized spacial score (nSPS) is 31.3. The van der Waals surface area contributed by atoms with E-state index in [9.17, 15) is 9.59 Å². The van der Waals surface area contributed by atoms with Crippen LogP contribution in [0.3, 0.4) is 0 Å². The molecule has 0 aromatic heterocycles. The van der Waals surface area contributed by atoms with Crippen LogP contribution in [-0.4, -0.2) is 37.7 Å². The lowest BCUT2D eigenvalue weighted by atomic mass is 9.74. The summed E-state index contributed by atoms with van der Waals surface area (Å²) in [6.07, 6.45) is 3.96. The quantitative estimate of drug-likeness (QED) is 0.786. The van der Waals surface area contributed by atoms with Gasteiger partial charge in [0.2, 0.25) is 5.91 Å². The van der Waals surface area contributed by atoms with Crippen molar-refractivity contribution in [2.75, 3.05) is 18.6 Å². The molecular weight excluding hydrogens is 294 g/mol. The molecule has 0 N–H and O–H groups in total. The molecule has 5 nitrogen and oxygen atoms in total. The van der Waals surface area contributed by atoms with E-state index in [4.69, 9.17) is 9.47 Å². The van der Waals surface area contributed by atoms with Crippen molar-refractivity contribution in [1.29, 1.82) is 0 Å². The van der Waals surface area contributed by atoms with Gasteiger partial charge in [-0.3, -0.25) is 4.79 Å². The third kappa shape index (κ3) is 2.10. The number of carbonyl (C=O) groups is 2. The number of methoxy groups -OCH3 is 1. The van der Waals surface area contributed by atoms with Gasteiger partial charge in [-0.1, -0.05) is 0 Å². The highest BCUT2D eigenvalue weighted by Gasteiger charge is 2.55. The van der Waals surface area contributed by atoms with E-state index in [0.717, 1.165) is 36.9 Å². The summed E-state index contributed by atoms with van der Waals surface area (Å²) >= 11 is 0. The van der Waals surface area contributed by atoms with Gasteiger partial charge in [0, 0.05) is 12.2 Å². The summed E-state index contributed by atoms with van der Waals surface area (Å²) in [4.78, 5) is 26.7. The molecule has 4 rings (SSSR count). The van der Waals surface area contributed by atoms with E-state index in [1.54, 1.807) is 6.07 Å². The Morgan fingerprint density at radius 1 is 1.35 bits per heavy atom. The first kappa shape index (κ1) is 14.7. The van der Waals surface area contributed by atoms with Crippen molar-refractivity contribution < 1.29 is 19.1 Å². The molecule has 23 heavy (non-hydrogen) atoms. The van der Waals surface area contributed by atoms with Crippen molar-refractivity contribution >= 4 is 17.6 Å². The molecule has 0 unspecified atom stereocenters. The average molecular weight is 315 g/mol. The Balaban J connectivity index is 1.61. The number of ether oxygens (including phenoxy) is 2. The van der Waals surface area contributed by atoms with Gasteiger partial charge in [0.15, 0.2) is 0 Å². The molecule has 3 atom stereocenters. The molecule has 3 aliphatic heterocycles. The van der Waals surface area contributed by atoms with Crippen LogP contribution in [0.1, 0.15) is 42.1 Å². The predicted molar refractivity (Wildman–Crippen MR) is 84.5 cm³/mol. The molecule has 0 aliphatic carbocycles. The number of anilines is 1.